The molecule has 2 aromatic heterocycles. The first-order valence-electron chi connectivity index (χ1n) is 6.41. The van der Waals surface area contributed by atoms with Crippen molar-refractivity contribution in [3.8, 4) is 5.75 Å². The van der Waals surface area contributed by atoms with E-state index < -0.39 is 0 Å². The van der Waals surface area contributed by atoms with E-state index >= 15 is 0 Å². The van der Waals surface area contributed by atoms with Crippen molar-refractivity contribution in [3.05, 3.63) is 47.5 Å². The lowest BCUT2D eigenvalue weighted by atomic mass is 10.0. The van der Waals surface area contributed by atoms with Crippen LogP contribution in [0, 0.1) is 6.92 Å². The molecule has 0 radical (unpaired) electrons. The van der Waals surface area contributed by atoms with Crippen molar-refractivity contribution in [2.45, 2.75) is 13.0 Å². The molecule has 0 spiro atoms. The van der Waals surface area contributed by atoms with E-state index in [1.807, 2.05) is 38.4 Å². The van der Waals surface area contributed by atoms with Crippen molar-refractivity contribution in [2.75, 3.05) is 7.11 Å². The van der Waals surface area contributed by atoms with Crippen LogP contribution in [0.4, 0.5) is 0 Å². The van der Waals surface area contributed by atoms with Gasteiger partial charge in [0.25, 0.3) is 0 Å². The Morgan fingerprint density at radius 1 is 1.40 bits per heavy atom. The highest BCUT2D eigenvalue weighted by Gasteiger charge is 2.20. The lowest BCUT2D eigenvalue weighted by molar-refractivity contribution is 0.414. The fraction of sp³-hybridized carbons (Fsp3) is 0.267. The van der Waals surface area contributed by atoms with Crippen LogP contribution in [0.1, 0.15) is 22.9 Å². The van der Waals surface area contributed by atoms with Crippen LogP contribution < -0.4 is 10.5 Å². The fourth-order valence-electron chi connectivity index (χ4n) is 2.40. The third-order valence-electron chi connectivity index (χ3n) is 3.55. The van der Waals surface area contributed by atoms with E-state index in [1.165, 1.54) is 0 Å². The molecular weight excluding hydrogens is 254 g/mol. The fourth-order valence-corrected chi connectivity index (χ4v) is 2.40. The van der Waals surface area contributed by atoms with Crippen LogP contribution in [0.5, 0.6) is 5.75 Å². The van der Waals surface area contributed by atoms with Gasteiger partial charge < -0.3 is 14.9 Å². The summed E-state index contributed by atoms with van der Waals surface area (Å²) in [6.45, 7) is 2.02. The number of furan rings is 1. The average molecular weight is 271 g/mol. The Labute approximate surface area is 116 Å². The number of ether oxygens (including phenoxy) is 1. The molecule has 0 aliphatic carbocycles. The molecule has 0 amide bonds. The van der Waals surface area contributed by atoms with E-state index in [4.69, 9.17) is 14.9 Å². The Bertz CT molecular complexity index is 758. The molecule has 0 aliphatic rings. The normalized spacial score (nSPS) is 12.8. The minimum absolute atomic E-state index is 0.318. The van der Waals surface area contributed by atoms with Crippen molar-refractivity contribution in [1.82, 2.24) is 9.78 Å². The molecule has 2 N–H and O–H groups in total. The second kappa shape index (κ2) is 4.68. The van der Waals surface area contributed by atoms with Crippen molar-refractivity contribution in [2.24, 2.45) is 12.8 Å². The molecule has 0 fully saturated rings. The highest BCUT2D eigenvalue weighted by molar-refractivity contribution is 5.83. The van der Waals surface area contributed by atoms with Crippen molar-refractivity contribution < 1.29 is 9.15 Å². The van der Waals surface area contributed by atoms with Gasteiger partial charge in [-0.3, -0.25) is 4.68 Å². The Kier molecular flexibility index (Phi) is 2.99. The minimum atomic E-state index is -0.318. The second-order valence-electron chi connectivity index (χ2n) is 4.88. The molecule has 3 rings (SSSR count). The lowest BCUT2D eigenvalue weighted by Crippen LogP contribution is -2.11. The second-order valence-corrected chi connectivity index (χ2v) is 4.88. The summed E-state index contributed by atoms with van der Waals surface area (Å²) in [5.74, 6) is 1.54. The summed E-state index contributed by atoms with van der Waals surface area (Å²) in [5.41, 5.74) is 9.06. The van der Waals surface area contributed by atoms with Gasteiger partial charge in [-0.25, -0.2) is 0 Å². The van der Waals surface area contributed by atoms with Gasteiger partial charge in [-0.15, -0.1) is 0 Å². The van der Waals surface area contributed by atoms with E-state index in [1.54, 1.807) is 18.0 Å². The standard InChI is InChI=1S/C15H17N3O2/c1-9-12-5-4-11(19-3)6-13(12)20-15(9)14(16)10-7-17-18(2)8-10/h4-8,14H,16H2,1-3H3. The summed E-state index contributed by atoms with van der Waals surface area (Å²) in [7, 11) is 3.51. The molecule has 0 aliphatic heterocycles. The van der Waals surface area contributed by atoms with Crippen molar-refractivity contribution >= 4 is 11.0 Å². The Morgan fingerprint density at radius 3 is 2.85 bits per heavy atom. The largest absolute Gasteiger partial charge is 0.497 e. The van der Waals surface area contributed by atoms with Crippen LogP contribution >= 0.6 is 0 Å². The molecule has 0 saturated carbocycles. The molecule has 104 valence electrons. The summed E-state index contributed by atoms with van der Waals surface area (Å²) in [6, 6.07) is 5.47. The predicted molar refractivity (Wildman–Crippen MR) is 76.7 cm³/mol. The zero-order chi connectivity index (χ0) is 14.3. The van der Waals surface area contributed by atoms with Gasteiger partial charge in [0.15, 0.2) is 0 Å². The number of methoxy groups -OCH3 is 1. The maximum atomic E-state index is 6.29. The number of aryl methyl sites for hydroxylation is 2. The molecule has 1 atom stereocenters. The van der Waals surface area contributed by atoms with Gasteiger partial charge in [0.1, 0.15) is 17.1 Å². The first kappa shape index (κ1) is 12.7. The summed E-state index contributed by atoms with van der Waals surface area (Å²) < 4.78 is 12.9. The molecule has 2 heterocycles. The Morgan fingerprint density at radius 2 is 2.20 bits per heavy atom. The van der Waals surface area contributed by atoms with Crippen LogP contribution in [0.2, 0.25) is 0 Å². The maximum Gasteiger partial charge on any atom is 0.138 e. The summed E-state index contributed by atoms with van der Waals surface area (Å²) in [6.07, 6.45) is 3.66. The number of nitrogens with two attached hydrogens (primary N) is 1. The molecule has 3 aromatic rings. The number of hydrogen-bond acceptors (Lipinski definition) is 4. The van der Waals surface area contributed by atoms with E-state index in [0.717, 1.165) is 33.6 Å². The van der Waals surface area contributed by atoms with Gasteiger partial charge >= 0.3 is 0 Å². The third kappa shape index (κ3) is 1.96. The van der Waals surface area contributed by atoms with Gasteiger partial charge in [0.2, 0.25) is 0 Å². The topological polar surface area (TPSA) is 66.2 Å². The van der Waals surface area contributed by atoms with Crippen molar-refractivity contribution in [1.29, 1.82) is 0 Å². The highest BCUT2D eigenvalue weighted by Crippen LogP contribution is 2.33. The van der Waals surface area contributed by atoms with Crippen LogP contribution in [-0.2, 0) is 7.05 Å². The first-order chi connectivity index (χ1) is 9.60. The summed E-state index contributed by atoms with van der Waals surface area (Å²) in [5, 5.41) is 5.20. The maximum absolute atomic E-state index is 6.29. The van der Waals surface area contributed by atoms with Crippen LogP contribution in [0.3, 0.4) is 0 Å². The SMILES string of the molecule is COc1ccc2c(C)c(C(N)c3cnn(C)c3)oc2c1. The zero-order valence-corrected chi connectivity index (χ0v) is 11.8. The smallest absolute Gasteiger partial charge is 0.138 e. The highest BCUT2D eigenvalue weighted by atomic mass is 16.5. The monoisotopic (exact) mass is 271 g/mol. The lowest BCUT2D eigenvalue weighted by Gasteiger charge is -2.06. The van der Waals surface area contributed by atoms with E-state index in [0.29, 0.717) is 0 Å². The molecule has 5 heteroatoms. The summed E-state index contributed by atoms with van der Waals surface area (Å²) in [4.78, 5) is 0. The summed E-state index contributed by atoms with van der Waals surface area (Å²) >= 11 is 0. The number of fused-ring (bicyclic) bond motifs is 1. The zero-order valence-electron chi connectivity index (χ0n) is 11.8. The van der Waals surface area contributed by atoms with Crippen LogP contribution in [0.25, 0.3) is 11.0 Å². The van der Waals surface area contributed by atoms with Crippen molar-refractivity contribution in [3.63, 3.8) is 0 Å². The minimum Gasteiger partial charge on any atom is -0.497 e. The molecule has 5 nitrogen and oxygen atoms in total. The molecule has 1 aromatic carbocycles. The van der Waals surface area contributed by atoms with Crippen LogP contribution in [0.15, 0.2) is 35.0 Å². The van der Waals surface area contributed by atoms with Gasteiger partial charge in [-0.1, -0.05) is 0 Å². The Hall–Kier alpha value is -2.27. The molecule has 1 unspecified atom stereocenters. The molecular formula is C15H17N3O2. The number of aromatic nitrogens is 2. The molecule has 0 saturated heterocycles. The van der Waals surface area contributed by atoms with Crippen LogP contribution in [-0.4, -0.2) is 16.9 Å². The number of nitrogens with zero attached hydrogens (tertiary/aromatic N) is 2. The van der Waals surface area contributed by atoms with E-state index in [2.05, 4.69) is 5.10 Å². The number of rotatable bonds is 3. The first-order valence-corrected chi connectivity index (χ1v) is 6.41. The van der Waals surface area contributed by atoms with Gasteiger partial charge in [0, 0.05) is 35.8 Å². The number of benzene rings is 1. The molecule has 0 bridgehead atoms. The Balaban J connectivity index is 2.09. The quantitative estimate of drug-likeness (QED) is 0.795. The van der Waals surface area contributed by atoms with Gasteiger partial charge in [-0.2, -0.15) is 5.10 Å². The third-order valence-corrected chi connectivity index (χ3v) is 3.55. The predicted octanol–water partition coefficient (Wildman–Crippen LogP) is 2.53. The van der Waals surface area contributed by atoms with Gasteiger partial charge in [-0.05, 0) is 19.1 Å². The van der Waals surface area contributed by atoms with E-state index in [-0.39, 0.29) is 6.04 Å². The van der Waals surface area contributed by atoms with E-state index in [9.17, 15) is 0 Å². The average Bonchev–Trinajstić information content (AvgIpc) is 3.02. The van der Waals surface area contributed by atoms with Gasteiger partial charge in [0.05, 0.1) is 19.3 Å². The molecule has 20 heavy (non-hydrogen) atoms. The number of hydrogen-bond donors (Lipinski definition) is 1.